The SMILES string of the molecule is N#CO.N#CO.N#CO.N#CO.N#CO.N#CO.[Cu]. The summed E-state index contributed by atoms with van der Waals surface area (Å²) in [6.45, 7) is 0. The summed E-state index contributed by atoms with van der Waals surface area (Å²) in [6.07, 6.45) is 4.50. The van der Waals surface area contributed by atoms with Crippen LogP contribution in [0.1, 0.15) is 0 Å². The Morgan fingerprint density at radius 3 is 0.368 bits per heavy atom. The standard InChI is InChI=1S/6CHNO.Cu/c6*2-1-3;/h6*3H;. The second-order valence-electron chi connectivity index (χ2n) is 0.600. The fraction of sp³-hybridized carbons (Fsp3) is 0. The first-order chi connectivity index (χ1) is 8.49. The summed E-state index contributed by atoms with van der Waals surface area (Å²) in [6, 6.07) is 0. The molecular weight excluding hydrogens is 316 g/mol. The molecule has 0 saturated heterocycles. The Balaban J connectivity index is -0.0000000180. The summed E-state index contributed by atoms with van der Waals surface area (Å²) < 4.78 is 0. The second-order valence-corrected chi connectivity index (χ2v) is 0.600. The van der Waals surface area contributed by atoms with E-state index in [2.05, 4.69) is 0 Å². The second kappa shape index (κ2) is 491. The third-order valence-electron chi connectivity index (χ3n) is 0. The van der Waals surface area contributed by atoms with Crippen molar-refractivity contribution in [2.24, 2.45) is 0 Å². The smallest absolute Gasteiger partial charge is 0.283 e. The van der Waals surface area contributed by atoms with E-state index < -0.39 is 0 Å². The van der Waals surface area contributed by atoms with Crippen molar-refractivity contribution in [3.05, 3.63) is 0 Å². The van der Waals surface area contributed by atoms with Crippen molar-refractivity contribution < 1.29 is 47.7 Å². The summed E-state index contributed by atoms with van der Waals surface area (Å²) in [5.41, 5.74) is 0. The zero-order valence-electron chi connectivity index (χ0n) is 8.67. The number of nitrogens with zero attached hydrogens (tertiary/aromatic N) is 6. The normalized spacial score (nSPS) is 2.21. The molecule has 0 unspecified atom stereocenters. The minimum atomic E-state index is 0. The van der Waals surface area contributed by atoms with Gasteiger partial charge in [0, 0.05) is 17.1 Å². The van der Waals surface area contributed by atoms with Gasteiger partial charge in [0.05, 0.1) is 0 Å². The number of rotatable bonds is 0. The van der Waals surface area contributed by atoms with Gasteiger partial charge in [-0.2, -0.15) is 31.6 Å². The molecule has 0 aromatic heterocycles. The van der Waals surface area contributed by atoms with Crippen LogP contribution in [-0.4, -0.2) is 30.6 Å². The molecular formula is C6H6CuN6O6. The third kappa shape index (κ3) is 153. The van der Waals surface area contributed by atoms with Crippen LogP contribution >= 0.6 is 0 Å². The number of aliphatic hydroxyl groups is 6. The average molecular weight is 322 g/mol. The molecule has 0 aliphatic rings. The average Bonchev–Trinajstić information content (AvgIpc) is 2.23. The Morgan fingerprint density at radius 1 is 0.368 bits per heavy atom. The van der Waals surface area contributed by atoms with Crippen LogP contribution in [-0.2, 0) is 17.1 Å². The van der Waals surface area contributed by atoms with Crippen LogP contribution in [0.4, 0.5) is 0 Å². The van der Waals surface area contributed by atoms with E-state index in [1.807, 2.05) is 0 Å². The van der Waals surface area contributed by atoms with Gasteiger partial charge in [-0.15, -0.1) is 0 Å². The van der Waals surface area contributed by atoms with Crippen molar-refractivity contribution in [2.75, 3.05) is 0 Å². The molecule has 0 aliphatic heterocycles. The Bertz CT molecular complexity index is 256. The van der Waals surface area contributed by atoms with Crippen molar-refractivity contribution in [3.63, 3.8) is 0 Å². The van der Waals surface area contributed by atoms with Gasteiger partial charge in [-0.05, 0) is 0 Å². The van der Waals surface area contributed by atoms with Gasteiger partial charge in [0.15, 0.2) is 0 Å². The zero-order chi connectivity index (χ0) is 16.2. The quantitative estimate of drug-likeness (QED) is 0.232. The molecule has 0 aliphatic carbocycles. The molecule has 13 heteroatoms. The molecule has 0 aromatic rings. The molecule has 0 bridgehead atoms. The molecule has 0 aromatic carbocycles. The van der Waals surface area contributed by atoms with Gasteiger partial charge in [0.25, 0.3) is 37.5 Å². The predicted octanol–water partition coefficient (Wildman–Crippen LogP) is -0.963. The first-order valence-electron chi connectivity index (χ1n) is 2.68. The molecule has 107 valence electrons. The first-order valence-corrected chi connectivity index (χ1v) is 2.68. The maximum atomic E-state index is 6.88. The minimum Gasteiger partial charge on any atom is -0.443 e. The topological polar surface area (TPSA) is 264 Å². The van der Waals surface area contributed by atoms with E-state index in [4.69, 9.17) is 62.2 Å². The molecule has 1 radical (unpaired) electrons. The van der Waals surface area contributed by atoms with Crippen molar-refractivity contribution in [1.29, 1.82) is 31.6 Å². The molecule has 6 N–H and O–H groups in total. The van der Waals surface area contributed by atoms with Crippen LogP contribution in [0.15, 0.2) is 0 Å². The van der Waals surface area contributed by atoms with Crippen molar-refractivity contribution >= 4 is 0 Å². The molecule has 19 heavy (non-hydrogen) atoms. The summed E-state index contributed by atoms with van der Waals surface area (Å²) in [5, 5.41) is 82.5. The van der Waals surface area contributed by atoms with E-state index in [0.717, 1.165) is 37.5 Å². The third-order valence-corrected chi connectivity index (χ3v) is 0. The van der Waals surface area contributed by atoms with Crippen LogP contribution < -0.4 is 0 Å². The maximum absolute atomic E-state index is 6.88. The maximum Gasteiger partial charge on any atom is 0.283 e. The molecule has 0 spiro atoms. The van der Waals surface area contributed by atoms with E-state index in [9.17, 15) is 0 Å². The van der Waals surface area contributed by atoms with Gasteiger partial charge in [0.1, 0.15) is 0 Å². The predicted molar refractivity (Wildman–Crippen MR) is 45.3 cm³/mol. The van der Waals surface area contributed by atoms with Gasteiger partial charge in [0.2, 0.25) is 0 Å². The van der Waals surface area contributed by atoms with Gasteiger partial charge in [-0.1, -0.05) is 0 Å². The first kappa shape index (κ1) is 45.5. The Morgan fingerprint density at radius 2 is 0.368 bits per heavy atom. The molecule has 0 amide bonds. The molecule has 0 rings (SSSR count). The summed E-state index contributed by atoms with van der Waals surface area (Å²) in [7, 11) is 0. The van der Waals surface area contributed by atoms with Crippen LogP contribution in [0, 0.1) is 69.1 Å². The minimum absolute atomic E-state index is 0. The molecule has 0 fully saturated rings. The Hall–Kier alpha value is -3.74. The summed E-state index contributed by atoms with van der Waals surface area (Å²) in [4.78, 5) is 0. The summed E-state index contributed by atoms with van der Waals surface area (Å²) >= 11 is 0. The summed E-state index contributed by atoms with van der Waals surface area (Å²) in [5.74, 6) is 0. The number of hydrogen-bond acceptors (Lipinski definition) is 12. The fourth-order valence-corrected chi connectivity index (χ4v) is 0. The molecule has 0 heterocycles. The van der Waals surface area contributed by atoms with E-state index in [1.165, 1.54) is 0 Å². The van der Waals surface area contributed by atoms with E-state index in [-0.39, 0.29) is 17.1 Å². The van der Waals surface area contributed by atoms with E-state index in [0.29, 0.717) is 0 Å². The Kier molecular flexibility index (Phi) is 1180. The van der Waals surface area contributed by atoms with Gasteiger partial charge >= 0.3 is 0 Å². The molecule has 12 nitrogen and oxygen atoms in total. The Labute approximate surface area is 117 Å². The van der Waals surface area contributed by atoms with E-state index in [1.54, 1.807) is 0 Å². The van der Waals surface area contributed by atoms with Gasteiger partial charge in [-0.3, -0.25) is 0 Å². The monoisotopic (exact) mass is 321 g/mol. The number of nitriles is 6. The van der Waals surface area contributed by atoms with Crippen LogP contribution in [0.3, 0.4) is 0 Å². The van der Waals surface area contributed by atoms with Crippen LogP contribution in [0.5, 0.6) is 0 Å². The van der Waals surface area contributed by atoms with Crippen molar-refractivity contribution in [3.8, 4) is 37.5 Å². The van der Waals surface area contributed by atoms with E-state index >= 15 is 0 Å². The van der Waals surface area contributed by atoms with Crippen LogP contribution in [0.2, 0.25) is 0 Å². The molecule has 0 saturated carbocycles. The van der Waals surface area contributed by atoms with Gasteiger partial charge < -0.3 is 30.6 Å². The largest absolute Gasteiger partial charge is 0.443 e. The van der Waals surface area contributed by atoms with Gasteiger partial charge in [-0.25, -0.2) is 0 Å². The fourth-order valence-electron chi connectivity index (χ4n) is 0. The number of hydrogen-bond donors (Lipinski definition) is 6. The molecule has 0 atom stereocenters. The van der Waals surface area contributed by atoms with Crippen molar-refractivity contribution in [1.82, 2.24) is 0 Å². The van der Waals surface area contributed by atoms with Crippen LogP contribution in [0.25, 0.3) is 0 Å². The zero-order valence-corrected chi connectivity index (χ0v) is 9.61. The number of aliphatic hydroxyl groups excluding tert-OH is 6. The van der Waals surface area contributed by atoms with Crippen molar-refractivity contribution in [2.45, 2.75) is 0 Å².